The zero-order chi connectivity index (χ0) is 15.4. The molecule has 1 saturated heterocycles. The van der Waals surface area contributed by atoms with Gasteiger partial charge in [-0.2, -0.15) is 5.10 Å². The van der Waals surface area contributed by atoms with E-state index in [9.17, 15) is 4.79 Å². The number of aliphatic carboxylic acids is 1. The van der Waals surface area contributed by atoms with Crippen LogP contribution in [0.1, 0.15) is 23.6 Å². The topological polar surface area (TPSA) is 78.5 Å². The van der Waals surface area contributed by atoms with Gasteiger partial charge in [-0.3, -0.25) is 10.00 Å². The Morgan fingerprint density at radius 3 is 2.86 bits per heavy atom. The number of hydrogen-bond donors (Lipinski definition) is 2. The van der Waals surface area contributed by atoms with E-state index in [1.807, 2.05) is 30.3 Å². The van der Waals surface area contributed by atoms with Crippen LogP contribution in [-0.2, 0) is 11.3 Å². The maximum absolute atomic E-state index is 10.5. The van der Waals surface area contributed by atoms with E-state index in [-0.39, 0.29) is 6.61 Å². The van der Waals surface area contributed by atoms with Gasteiger partial charge in [-0.25, -0.2) is 4.79 Å². The van der Waals surface area contributed by atoms with E-state index in [2.05, 4.69) is 15.1 Å². The van der Waals surface area contributed by atoms with Crippen molar-refractivity contribution < 1.29 is 14.6 Å². The number of benzene rings is 1. The minimum Gasteiger partial charge on any atom is -0.482 e. The van der Waals surface area contributed by atoms with Crippen LogP contribution in [0.15, 0.2) is 36.5 Å². The quantitative estimate of drug-likeness (QED) is 0.851. The van der Waals surface area contributed by atoms with Gasteiger partial charge in [0, 0.05) is 30.9 Å². The van der Waals surface area contributed by atoms with Crippen molar-refractivity contribution in [2.24, 2.45) is 0 Å². The van der Waals surface area contributed by atoms with Crippen LogP contribution < -0.4 is 4.74 Å². The summed E-state index contributed by atoms with van der Waals surface area (Å²) in [5.41, 5.74) is 2.41. The molecule has 1 aliphatic rings. The molecular formula is C16H19N3O3. The van der Waals surface area contributed by atoms with Gasteiger partial charge in [-0.1, -0.05) is 12.1 Å². The van der Waals surface area contributed by atoms with Crippen LogP contribution in [0.5, 0.6) is 5.75 Å². The molecule has 1 unspecified atom stereocenters. The molecule has 0 bridgehead atoms. The minimum atomic E-state index is -0.967. The molecule has 1 atom stereocenters. The van der Waals surface area contributed by atoms with Gasteiger partial charge in [-0.15, -0.1) is 0 Å². The Balaban J connectivity index is 1.52. The first-order valence-corrected chi connectivity index (χ1v) is 7.36. The summed E-state index contributed by atoms with van der Waals surface area (Å²) in [6.45, 7) is 2.68. The van der Waals surface area contributed by atoms with Crippen molar-refractivity contribution in [2.75, 3.05) is 19.7 Å². The molecular weight excluding hydrogens is 282 g/mol. The molecule has 0 saturated carbocycles. The smallest absolute Gasteiger partial charge is 0.341 e. The van der Waals surface area contributed by atoms with Gasteiger partial charge in [0.05, 0.1) is 0 Å². The molecule has 22 heavy (non-hydrogen) atoms. The molecule has 1 aromatic carbocycles. The number of hydrogen-bond acceptors (Lipinski definition) is 4. The van der Waals surface area contributed by atoms with Crippen LogP contribution >= 0.6 is 0 Å². The number of rotatable bonds is 6. The summed E-state index contributed by atoms with van der Waals surface area (Å²) in [5, 5.41) is 15.7. The number of carbonyl (C=O) groups is 1. The number of nitrogens with one attached hydrogen (secondary N) is 1. The first-order chi connectivity index (χ1) is 10.7. The number of nitrogens with zero attached hydrogens (tertiary/aromatic N) is 2. The normalized spacial score (nSPS) is 18.5. The second kappa shape index (κ2) is 6.62. The molecule has 0 radical (unpaired) electrons. The lowest BCUT2D eigenvalue weighted by atomic mass is 10.1. The van der Waals surface area contributed by atoms with Crippen molar-refractivity contribution >= 4 is 5.97 Å². The fraction of sp³-hybridized carbons (Fsp3) is 0.375. The number of ether oxygens (including phenoxy) is 1. The van der Waals surface area contributed by atoms with E-state index in [1.165, 1.54) is 11.3 Å². The lowest BCUT2D eigenvalue weighted by Gasteiger charge is -2.16. The Hall–Kier alpha value is -2.34. The van der Waals surface area contributed by atoms with E-state index in [4.69, 9.17) is 9.84 Å². The number of carboxylic acids is 1. The number of likely N-dealkylation sites (tertiary alicyclic amines) is 1. The van der Waals surface area contributed by atoms with Crippen LogP contribution in [0.2, 0.25) is 0 Å². The predicted octanol–water partition coefficient (Wildman–Crippen LogP) is 1.86. The Labute approximate surface area is 128 Å². The van der Waals surface area contributed by atoms with Crippen molar-refractivity contribution in [3.63, 3.8) is 0 Å². The Kier molecular flexibility index (Phi) is 4.39. The molecule has 2 heterocycles. The highest BCUT2D eigenvalue weighted by Crippen LogP contribution is 2.26. The minimum absolute atomic E-state index is 0.308. The van der Waals surface area contributed by atoms with E-state index >= 15 is 0 Å². The fourth-order valence-electron chi connectivity index (χ4n) is 2.82. The second-order valence-electron chi connectivity index (χ2n) is 5.56. The molecule has 1 aromatic heterocycles. The van der Waals surface area contributed by atoms with Gasteiger partial charge < -0.3 is 9.84 Å². The molecule has 6 nitrogen and oxygen atoms in total. The summed E-state index contributed by atoms with van der Waals surface area (Å²) in [6, 6.07) is 9.66. The van der Waals surface area contributed by atoms with E-state index in [1.54, 1.807) is 6.20 Å². The van der Waals surface area contributed by atoms with Crippen molar-refractivity contribution in [3.8, 4) is 5.75 Å². The Bertz CT molecular complexity index is 610. The average Bonchev–Trinajstić information content (AvgIpc) is 3.17. The summed E-state index contributed by atoms with van der Waals surface area (Å²) >= 11 is 0. The monoisotopic (exact) mass is 301 g/mol. The molecule has 0 aliphatic carbocycles. The zero-order valence-electron chi connectivity index (χ0n) is 12.2. The molecule has 2 aromatic rings. The molecule has 0 spiro atoms. The largest absolute Gasteiger partial charge is 0.482 e. The van der Waals surface area contributed by atoms with Crippen molar-refractivity contribution in [2.45, 2.75) is 18.9 Å². The lowest BCUT2D eigenvalue weighted by Crippen LogP contribution is -2.19. The van der Waals surface area contributed by atoms with Crippen molar-refractivity contribution in [1.82, 2.24) is 15.1 Å². The highest BCUT2D eigenvalue weighted by atomic mass is 16.5. The maximum atomic E-state index is 10.5. The SMILES string of the molecule is O=C(O)COc1ccc(CN2CCC(c3ccn[nH]3)C2)cc1. The summed E-state index contributed by atoms with van der Waals surface area (Å²) in [4.78, 5) is 12.9. The van der Waals surface area contributed by atoms with Crippen LogP contribution in [0, 0.1) is 0 Å². The number of H-pyrrole nitrogens is 1. The lowest BCUT2D eigenvalue weighted by molar-refractivity contribution is -0.139. The summed E-state index contributed by atoms with van der Waals surface area (Å²) in [5.74, 6) is 0.148. The van der Waals surface area contributed by atoms with Gasteiger partial charge >= 0.3 is 5.97 Å². The van der Waals surface area contributed by atoms with Crippen molar-refractivity contribution in [1.29, 1.82) is 0 Å². The summed E-state index contributed by atoms with van der Waals surface area (Å²) in [7, 11) is 0. The van der Waals surface area contributed by atoms with Gasteiger partial charge in [0.25, 0.3) is 0 Å². The third-order valence-corrected chi connectivity index (χ3v) is 3.93. The summed E-state index contributed by atoms with van der Waals surface area (Å²) < 4.78 is 5.13. The third-order valence-electron chi connectivity index (χ3n) is 3.93. The molecule has 2 N–H and O–H groups in total. The van der Waals surface area contributed by atoms with Gasteiger partial charge in [0.15, 0.2) is 6.61 Å². The number of aromatic amines is 1. The fourth-order valence-corrected chi connectivity index (χ4v) is 2.82. The third kappa shape index (κ3) is 3.65. The summed E-state index contributed by atoms with van der Waals surface area (Å²) in [6.07, 6.45) is 2.94. The predicted molar refractivity (Wildman–Crippen MR) is 80.8 cm³/mol. The van der Waals surface area contributed by atoms with Crippen LogP contribution in [-0.4, -0.2) is 45.9 Å². The molecule has 116 valence electrons. The van der Waals surface area contributed by atoms with E-state index in [0.717, 1.165) is 26.1 Å². The van der Waals surface area contributed by atoms with Crippen molar-refractivity contribution in [3.05, 3.63) is 47.8 Å². The molecule has 3 rings (SSSR count). The van der Waals surface area contributed by atoms with E-state index in [0.29, 0.717) is 11.7 Å². The first kappa shape index (κ1) is 14.6. The van der Waals surface area contributed by atoms with Crippen LogP contribution in [0.4, 0.5) is 0 Å². The number of carboxylic acid groups (broad SMARTS) is 1. The zero-order valence-corrected chi connectivity index (χ0v) is 12.2. The second-order valence-corrected chi connectivity index (χ2v) is 5.56. The highest BCUT2D eigenvalue weighted by Gasteiger charge is 2.24. The van der Waals surface area contributed by atoms with E-state index < -0.39 is 5.97 Å². The molecule has 1 fully saturated rings. The van der Waals surface area contributed by atoms with Gasteiger partial charge in [0.2, 0.25) is 0 Å². The van der Waals surface area contributed by atoms with Crippen LogP contribution in [0.3, 0.4) is 0 Å². The molecule has 1 aliphatic heterocycles. The standard InChI is InChI=1S/C16H19N3O3/c20-16(21)11-22-14-3-1-12(2-4-14)9-19-8-6-13(10-19)15-5-7-17-18-15/h1-5,7,13H,6,8-11H2,(H,17,18)(H,20,21). The Morgan fingerprint density at radius 1 is 1.36 bits per heavy atom. The molecule has 6 heteroatoms. The Morgan fingerprint density at radius 2 is 2.18 bits per heavy atom. The first-order valence-electron chi connectivity index (χ1n) is 7.36. The van der Waals surface area contributed by atoms with Crippen LogP contribution in [0.25, 0.3) is 0 Å². The molecule has 0 amide bonds. The maximum Gasteiger partial charge on any atom is 0.341 e. The van der Waals surface area contributed by atoms with Gasteiger partial charge in [-0.05, 0) is 36.7 Å². The van der Waals surface area contributed by atoms with Gasteiger partial charge in [0.1, 0.15) is 5.75 Å². The number of aromatic nitrogens is 2. The highest BCUT2D eigenvalue weighted by molar-refractivity contribution is 5.68. The average molecular weight is 301 g/mol.